The molecule has 0 fully saturated rings. The standard InChI is InChI=1S/C17H21BrFN3O2/c1-9-6-11(7-10(2)14(9)19)15-13(18)12(21-22-15)8-20-16(23)24-17(3,4)5/h6-7H,8H2,1-5H3,(H,20,23)(H,21,22). The van der Waals surface area contributed by atoms with Crippen molar-refractivity contribution in [2.24, 2.45) is 0 Å². The molecule has 0 saturated carbocycles. The van der Waals surface area contributed by atoms with E-state index in [9.17, 15) is 9.18 Å². The highest BCUT2D eigenvalue weighted by Crippen LogP contribution is 2.31. The van der Waals surface area contributed by atoms with Crippen LogP contribution in [-0.2, 0) is 11.3 Å². The van der Waals surface area contributed by atoms with Crippen molar-refractivity contribution in [1.82, 2.24) is 15.5 Å². The number of aryl methyl sites for hydroxylation is 2. The summed E-state index contributed by atoms with van der Waals surface area (Å²) >= 11 is 3.49. The summed E-state index contributed by atoms with van der Waals surface area (Å²) in [6.45, 7) is 9.08. The highest BCUT2D eigenvalue weighted by Gasteiger charge is 2.18. The lowest BCUT2D eigenvalue weighted by Gasteiger charge is -2.19. The molecule has 24 heavy (non-hydrogen) atoms. The van der Waals surface area contributed by atoms with Gasteiger partial charge in [0.05, 0.1) is 16.7 Å². The number of H-pyrrole nitrogens is 1. The summed E-state index contributed by atoms with van der Waals surface area (Å²) in [5.41, 5.74) is 2.75. The van der Waals surface area contributed by atoms with E-state index in [2.05, 4.69) is 31.4 Å². The Balaban J connectivity index is 2.16. The zero-order valence-electron chi connectivity index (χ0n) is 14.4. The first-order valence-electron chi connectivity index (χ1n) is 7.55. The molecule has 0 bridgehead atoms. The van der Waals surface area contributed by atoms with Crippen LogP contribution >= 0.6 is 15.9 Å². The summed E-state index contributed by atoms with van der Waals surface area (Å²) in [6, 6.07) is 3.49. The molecule has 0 aliphatic carbocycles. The third-order valence-corrected chi connectivity index (χ3v) is 4.15. The number of carbonyl (C=O) groups is 1. The fourth-order valence-corrected chi connectivity index (χ4v) is 2.78. The largest absolute Gasteiger partial charge is 0.444 e. The van der Waals surface area contributed by atoms with Gasteiger partial charge < -0.3 is 10.1 Å². The molecule has 1 amide bonds. The van der Waals surface area contributed by atoms with E-state index >= 15 is 0 Å². The van der Waals surface area contributed by atoms with Gasteiger partial charge in [0.2, 0.25) is 0 Å². The second-order valence-corrected chi connectivity index (χ2v) is 7.44. The van der Waals surface area contributed by atoms with Crippen LogP contribution < -0.4 is 5.32 Å². The third-order valence-electron chi connectivity index (χ3n) is 3.29. The molecule has 0 aliphatic rings. The highest BCUT2D eigenvalue weighted by atomic mass is 79.9. The molecule has 130 valence electrons. The molecule has 0 saturated heterocycles. The van der Waals surface area contributed by atoms with Crippen molar-refractivity contribution in [3.05, 3.63) is 39.2 Å². The molecule has 0 unspecified atom stereocenters. The first kappa shape index (κ1) is 18.4. The Morgan fingerprint density at radius 2 is 1.92 bits per heavy atom. The summed E-state index contributed by atoms with van der Waals surface area (Å²) in [6.07, 6.45) is -0.501. The second-order valence-electron chi connectivity index (χ2n) is 6.64. The number of benzene rings is 1. The van der Waals surface area contributed by atoms with Crippen LogP contribution in [0.3, 0.4) is 0 Å². The topological polar surface area (TPSA) is 67.0 Å². The molecule has 5 nitrogen and oxygen atoms in total. The highest BCUT2D eigenvalue weighted by molar-refractivity contribution is 9.10. The summed E-state index contributed by atoms with van der Waals surface area (Å²) < 4.78 is 19.7. The van der Waals surface area contributed by atoms with E-state index in [1.54, 1.807) is 46.8 Å². The van der Waals surface area contributed by atoms with Crippen molar-refractivity contribution in [3.8, 4) is 11.3 Å². The zero-order chi connectivity index (χ0) is 18.1. The van der Waals surface area contributed by atoms with Crippen LogP contribution in [0.5, 0.6) is 0 Å². The Bertz CT molecular complexity index is 743. The van der Waals surface area contributed by atoms with Crippen LogP contribution in [0.2, 0.25) is 0 Å². The van der Waals surface area contributed by atoms with Crippen LogP contribution in [0.1, 0.15) is 37.6 Å². The minimum absolute atomic E-state index is 0.211. The number of hydrogen-bond donors (Lipinski definition) is 2. The number of halogens is 2. The number of nitrogens with one attached hydrogen (secondary N) is 2. The predicted molar refractivity (Wildman–Crippen MR) is 94.2 cm³/mol. The Hall–Kier alpha value is -1.89. The molecule has 1 aromatic carbocycles. The smallest absolute Gasteiger partial charge is 0.407 e. The normalized spacial score (nSPS) is 11.5. The fraction of sp³-hybridized carbons (Fsp3) is 0.412. The second kappa shape index (κ2) is 6.93. The van der Waals surface area contributed by atoms with Crippen LogP contribution in [0.25, 0.3) is 11.3 Å². The number of ether oxygens (including phenoxy) is 1. The maximum absolute atomic E-state index is 13.8. The summed E-state index contributed by atoms with van der Waals surface area (Å²) in [5, 5.41) is 9.82. The monoisotopic (exact) mass is 397 g/mol. The minimum Gasteiger partial charge on any atom is -0.444 e. The minimum atomic E-state index is -0.552. The van der Waals surface area contributed by atoms with Gasteiger partial charge in [-0.15, -0.1) is 0 Å². The summed E-state index contributed by atoms with van der Waals surface area (Å²) in [7, 11) is 0. The van der Waals surface area contributed by atoms with Crippen molar-refractivity contribution in [3.63, 3.8) is 0 Å². The van der Waals surface area contributed by atoms with Gasteiger partial charge in [0, 0.05) is 5.56 Å². The molecule has 0 radical (unpaired) electrons. The molecule has 0 spiro atoms. The van der Waals surface area contributed by atoms with Crippen LogP contribution in [0, 0.1) is 19.7 Å². The van der Waals surface area contributed by atoms with Gasteiger partial charge in [-0.3, -0.25) is 5.10 Å². The maximum Gasteiger partial charge on any atom is 0.407 e. The summed E-state index contributed by atoms with van der Waals surface area (Å²) in [4.78, 5) is 11.7. The van der Waals surface area contributed by atoms with Crippen molar-refractivity contribution in [1.29, 1.82) is 0 Å². The third kappa shape index (κ3) is 4.35. The molecule has 2 rings (SSSR count). The van der Waals surface area contributed by atoms with Crippen molar-refractivity contribution in [2.45, 2.75) is 46.8 Å². The van der Waals surface area contributed by atoms with Crippen LogP contribution in [0.4, 0.5) is 9.18 Å². The number of rotatable bonds is 3. The molecule has 1 heterocycles. The molecule has 7 heteroatoms. The predicted octanol–water partition coefficient (Wildman–Crippen LogP) is 4.62. The van der Waals surface area contributed by atoms with Gasteiger partial charge in [-0.05, 0) is 73.8 Å². The average Bonchev–Trinajstić information content (AvgIpc) is 2.81. The number of aromatic nitrogens is 2. The van der Waals surface area contributed by atoms with Gasteiger partial charge in [0.1, 0.15) is 17.1 Å². The van der Waals surface area contributed by atoms with Gasteiger partial charge in [-0.2, -0.15) is 5.10 Å². The van der Waals surface area contributed by atoms with Crippen molar-refractivity contribution >= 4 is 22.0 Å². The van der Waals surface area contributed by atoms with Gasteiger partial charge >= 0.3 is 6.09 Å². The molecule has 2 N–H and O–H groups in total. The molecular weight excluding hydrogens is 377 g/mol. The van der Waals surface area contributed by atoms with Gasteiger partial charge in [-0.25, -0.2) is 9.18 Å². The van der Waals surface area contributed by atoms with Crippen LogP contribution in [-0.4, -0.2) is 21.9 Å². The Kier molecular flexibility index (Phi) is 5.32. The van der Waals surface area contributed by atoms with E-state index < -0.39 is 11.7 Å². The molecule has 0 aliphatic heterocycles. The van der Waals surface area contributed by atoms with E-state index in [-0.39, 0.29) is 12.4 Å². The van der Waals surface area contributed by atoms with E-state index in [4.69, 9.17) is 4.74 Å². The van der Waals surface area contributed by atoms with E-state index in [1.807, 2.05) is 0 Å². The number of alkyl carbamates (subject to hydrolysis) is 1. The lowest BCUT2D eigenvalue weighted by molar-refractivity contribution is 0.0523. The fourth-order valence-electron chi connectivity index (χ4n) is 2.23. The quantitative estimate of drug-likeness (QED) is 0.793. The first-order valence-corrected chi connectivity index (χ1v) is 8.34. The molecule has 1 aromatic heterocycles. The number of aromatic amines is 1. The maximum atomic E-state index is 13.8. The number of hydrogen-bond acceptors (Lipinski definition) is 3. The van der Waals surface area contributed by atoms with Gasteiger partial charge in [0.15, 0.2) is 0 Å². The Morgan fingerprint density at radius 3 is 2.46 bits per heavy atom. The van der Waals surface area contributed by atoms with E-state index in [0.717, 1.165) is 10.0 Å². The van der Waals surface area contributed by atoms with Gasteiger partial charge in [0.25, 0.3) is 0 Å². The Morgan fingerprint density at radius 1 is 1.33 bits per heavy atom. The lowest BCUT2D eigenvalue weighted by atomic mass is 10.0. The average molecular weight is 398 g/mol. The SMILES string of the molecule is Cc1cc(-c2n[nH]c(CNC(=O)OC(C)(C)C)c2Br)cc(C)c1F. The van der Waals surface area contributed by atoms with Crippen LogP contribution in [0.15, 0.2) is 16.6 Å². The van der Waals surface area contributed by atoms with Crippen molar-refractivity contribution < 1.29 is 13.9 Å². The Labute approximate surface area is 149 Å². The first-order chi connectivity index (χ1) is 11.1. The number of nitrogens with zero attached hydrogens (tertiary/aromatic N) is 1. The molecule has 0 atom stereocenters. The van der Waals surface area contributed by atoms with E-state index in [0.29, 0.717) is 22.5 Å². The van der Waals surface area contributed by atoms with Crippen molar-refractivity contribution in [2.75, 3.05) is 0 Å². The molecular formula is C17H21BrFN3O2. The van der Waals surface area contributed by atoms with Gasteiger partial charge in [-0.1, -0.05) is 0 Å². The number of carbonyl (C=O) groups excluding carboxylic acids is 1. The summed E-state index contributed by atoms with van der Waals surface area (Å²) in [5.74, 6) is -0.211. The number of amides is 1. The zero-order valence-corrected chi connectivity index (χ0v) is 16.0. The lowest BCUT2D eigenvalue weighted by Crippen LogP contribution is -2.32. The van der Waals surface area contributed by atoms with E-state index in [1.165, 1.54) is 0 Å². The molecule has 2 aromatic rings.